The van der Waals surface area contributed by atoms with Gasteiger partial charge in [-0.3, -0.25) is 9.80 Å². The van der Waals surface area contributed by atoms with Crippen molar-refractivity contribution in [2.24, 2.45) is 0 Å². The Balaban J connectivity index is 1.85. The Morgan fingerprint density at radius 3 is 2.76 bits per heavy atom. The highest BCUT2D eigenvalue weighted by molar-refractivity contribution is 7.15. The van der Waals surface area contributed by atoms with Gasteiger partial charge in [0.2, 0.25) is 5.13 Å². The summed E-state index contributed by atoms with van der Waals surface area (Å²) in [4.78, 5) is 4.98. The second-order valence-corrected chi connectivity index (χ2v) is 5.53. The molecule has 1 aromatic rings. The number of rotatable bonds is 5. The number of nitrogens with zero attached hydrogens (tertiary/aromatic N) is 4. The molecule has 0 spiro atoms. The summed E-state index contributed by atoms with van der Waals surface area (Å²) in [5, 5.41) is 9.53. The molecule has 5 nitrogen and oxygen atoms in total. The second kappa shape index (κ2) is 5.75. The maximum atomic E-state index is 5.59. The van der Waals surface area contributed by atoms with Gasteiger partial charge in [-0.1, -0.05) is 25.2 Å². The van der Waals surface area contributed by atoms with Gasteiger partial charge in [0.15, 0.2) is 0 Å². The molecule has 17 heavy (non-hydrogen) atoms. The molecule has 1 saturated heterocycles. The summed E-state index contributed by atoms with van der Waals surface area (Å²) in [6, 6.07) is 0.704. The molecule has 1 aliphatic rings. The third-order valence-corrected chi connectivity index (χ3v) is 4.15. The van der Waals surface area contributed by atoms with E-state index < -0.39 is 0 Å². The Morgan fingerprint density at radius 1 is 1.41 bits per heavy atom. The zero-order valence-electron chi connectivity index (χ0n) is 10.6. The molecule has 96 valence electrons. The average molecular weight is 255 g/mol. The quantitative estimate of drug-likeness (QED) is 0.852. The number of hydrogen-bond acceptors (Lipinski definition) is 6. The van der Waals surface area contributed by atoms with E-state index in [0.29, 0.717) is 11.2 Å². The number of nitrogens with two attached hydrogens (primary N) is 1. The lowest BCUT2D eigenvalue weighted by Crippen LogP contribution is -2.37. The minimum absolute atomic E-state index is 0.569. The van der Waals surface area contributed by atoms with Crippen molar-refractivity contribution in [1.29, 1.82) is 0 Å². The van der Waals surface area contributed by atoms with Crippen molar-refractivity contribution in [2.75, 3.05) is 31.9 Å². The fraction of sp³-hybridized carbons (Fsp3) is 0.818. The van der Waals surface area contributed by atoms with E-state index in [1.54, 1.807) is 0 Å². The third-order valence-electron chi connectivity index (χ3n) is 3.42. The molecule has 2 N–H and O–H groups in total. The Hall–Kier alpha value is -0.720. The molecule has 6 heteroatoms. The molecule has 0 radical (unpaired) electrons. The highest BCUT2D eigenvalue weighted by atomic mass is 32.1. The molecule has 1 aliphatic heterocycles. The van der Waals surface area contributed by atoms with Crippen LogP contribution in [0.15, 0.2) is 0 Å². The molecule has 1 atom stereocenters. The van der Waals surface area contributed by atoms with E-state index >= 15 is 0 Å². The van der Waals surface area contributed by atoms with Crippen molar-refractivity contribution < 1.29 is 0 Å². The molecule has 1 aromatic heterocycles. The van der Waals surface area contributed by atoms with Gasteiger partial charge in [0, 0.05) is 19.1 Å². The summed E-state index contributed by atoms with van der Waals surface area (Å²) >= 11 is 1.50. The van der Waals surface area contributed by atoms with Crippen molar-refractivity contribution in [3.05, 3.63) is 5.01 Å². The largest absolute Gasteiger partial charge is 0.374 e. The fourth-order valence-corrected chi connectivity index (χ4v) is 3.17. The summed E-state index contributed by atoms with van der Waals surface area (Å²) in [6.45, 7) is 9.94. The lowest BCUT2D eigenvalue weighted by atomic mass is 10.2. The van der Waals surface area contributed by atoms with Crippen molar-refractivity contribution in [1.82, 2.24) is 20.0 Å². The predicted molar refractivity (Wildman–Crippen MR) is 70.9 cm³/mol. The summed E-state index contributed by atoms with van der Waals surface area (Å²) in [5.74, 6) is 0. The minimum atomic E-state index is 0.569. The van der Waals surface area contributed by atoms with Crippen molar-refractivity contribution in [3.8, 4) is 0 Å². The molecular weight excluding hydrogens is 234 g/mol. The first-order valence-electron chi connectivity index (χ1n) is 6.27. The van der Waals surface area contributed by atoms with Gasteiger partial charge in [-0.15, -0.1) is 10.2 Å². The number of anilines is 1. The van der Waals surface area contributed by atoms with E-state index in [-0.39, 0.29) is 0 Å². The van der Waals surface area contributed by atoms with Gasteiger partial charge in [0.05, 0.1) is 6.54 Å². The van der Waals surface area contributed by atoms with Gasteiger partial charge in [0.25, 0.3) is 0 Å². The van der Waals surface area contributed by atoms with E-state index in [0.717, 1.165) is 37.7 Å². The molecule has 2 heterocycles. The number of aromatic nitrogens is 2. The van der Waals surface area contributed by atoms with Crippen LogP contribution in [-0.4, -0.2) is 52.2 Å². The monoisotopic (exact) mass is 255 g/mol. The van der Waals surface area contributed by atoms with E-state index in [2.05, 4.69) is 33.8 Å². The number of likely N-dealkylation sites (tertiary alicyclic amines) is 1. The first kappa shape index (κ1) is 12.7. The molecule has 0 aliphatic carbocycles. The van der Waals surface area contributed by atoms with E-state index in [1.807, 2.05) is 0 Å². The maximum absolute atomic E-state index is 5.59. The van der Waals surface area contributed by atoms with Crippen LogP contribution in [0.2, 0.25) is 0 Å². The topological polar surface area (TPSA) is 58.3 Å². The van der Waals surface area contributed by atoms with E-state index in [4.69, 9.17) is 5.73 Å². The Labute approximate surface area is 107 Å². The van der Waals surface area contributed by atoms with Crippen LogP contribution in [0.4, 0.5) is 5.13 Å². The van der Waals surface area contributed by atoms with Crippen LogP contribution in [0.25, 0.3) is 0 Å². The Morgan fingerprint density at radius 2 is 2.18 bits per heavy atom. The number of nitrogen functional groups attached to an aromatic ring is 1. The Kier molecular flexibility index (Phi) is 4.31. The molecular formula is C11H21N5S. The molecule has 1 unspecified atom stereocenters. The lowest BCUT2D eigenvalue weighted by Gasteiger charge is -2.26. The van der Waals surface area contributed by atoms with E-state index in [1.165, 1.54) is 17.8 Å². The smallest absolute Gasteiger partial charge is 0.203 e. The standard InChI is InChI=1S/C11H21N5S/c1-3-16(4-2)9-5-6-15(7-9)8-10-13-14-11(12)17-10/h9H,3-8H2,1-2H3,(H2,12,14). The van der Waals surface area contributed by atoms with Crippen LogP contribution >= 0.6 is 11.3 Å². The van der Waals surface area contributed by atoms with Gasteiger partial charge in [-0.2, -0.15) is 0 Å². The summed E-state index contributed by atoms with van der Waals surface area (Å²) < 4.78 is 0. The summed E-state index contributed by atoms with van der Waals surface area (Å²) in [5.41, 5.74) is 5.59. The third kappa shape index (κ3) is 3.14. The minimum Gasteiger partial charge on any atom is -0.374 e. The Bertz CT molecular complexity index is 349. The highest BCUT2D eigenvalue weighted by Crippen LogP contribution is 2.20. The average Bonchev–Trinajstić information content (AvgIpc) is 2.91. The molecule has 2 rings (SSSR count). The first-order chi connectivity index (χ1) is 8.22. The van der Waals surface area contributed by atoms with Crippen LogP contribution in [0.5, 0.6) is 0 Å². The van der Waals surface area contributed by atoms with Crippen molar-refractivity contribution in [3.63, 3.8) is 0 Å². The van der Waals surface area contributed by atoms with Crippen LogP contribution < -0.4 is 5.73 Å². The van der Waals surface area contributed by atoms with Crippen molar-refractivity contribution in [2.45, 2.75) is 32.9 Å². The first-order valence-corrected chi connectivity index (χ1v) is 7.08. The van der Waals surface area contributed by atoms with E-state index in [9.17, 15) is 0 Å². The number of hydrogen-bond donors (Lipinski definition) is 1. The molecule has 0 amide bonds. The molecule has 0 aromatic carbocycles. The zero-order valence-corrected chi connectivity index (χ0v) is 11.4. The van der Waals surface area contributed by atoms with Gasteiger partial charge < -0.3 is 5.73 Å². The summed E-state index contributed by atoms with van der Waals surface area (Å²) in [7, 11) is 0. The van der Waals surface area contributed by atoms with Gasteiger partial charge in [-0.25, -0.2) is 0 Å². The van der Waals surface area contributed by atoms with Gasteiger partial charge in [0.1, 0.15) is 5.01 Å². The maximum Gasteiger partial charge on any atom is 0.203 e. The van der Waals surface area contributed by atoms with Gasteiger partial charge in [-0.05, 0) is 19.5 Å². The number of likely N-dealkylation sites (N-methyl/N-ethyl adjacent to an activating group) is 1. The lowest BCUT2D eigenvalue weighted by molar-refractivity contribution is 0.209. The van der Waals surface area contributed by atoms with Crippen LogP contribution in [-0.2, 0) is 6.54 Å². The molecule has 1 fully saturated rings. The van der Waals surface area contributed by atoms with Gasteiger partial charge >= 0.3 is 0 Å². The van der Waals surface area contributed by atoms with Crippen LogP contribution in [0.3, 0.4) is 0 Å². The fourth-order valence-electron chi connectivity index (χ4n) is 2.52. The normalized spacial score (nSPS) is 21.5. The van der Waals surface area contributed by atoms with Crippen LogP contribution in [0.1, 0.15) is 25.3 Å². The highest BCUT2D eigenvalue weighted by Gasteiger charge is 2.26. The molecule has 0 bridgehead atoms. The zero-order chi connectivity index (χ0) is 12.3. The SMILES string of the molecule is CCN(CC)C1CCN(Cc2nnc(N)s2)C1. The summed E-state index contributed by atoms with van der Waals surface area (Å²) in [6.07, 6.45) is 1.26. The second-order valence-electron chi connectivity index (χ2n) is 4.43. The van der Waals surface area contributed by atoms with Crippen LogP contribution in [0, 0.1) is 0 Å². The predicted octanol–water partition coefficient (Wildman–Crippen LogP) is 1.04. The van der Waals surface area contributed by atoms with Crippen molar-refractivity contribution >= 4 is 16.5 Å². The molecule has 0 saturated carbocycles.